The molecule has 1 aliphatic heterocycles. The summed E-state index contributed by atoms with van der Waals surface area (Å²) >= 11 is 0. The Labute approximate surface area is 227 Å². The third-order valence-corrected chi connectivity index (χ3v) is 6.82. The Bertz CT molecular complexity index is 1260. The fourth-order valence-corrected chi connectivity index (χ4v) is 4.69. The predicted octanol–water partition coefficient (Wildman–Crippen LogP) is 5.61. The van der Waals surface area contributed by atoms with Crippen LogP contribution in [0.2, 0.25) is 0 Å². The summed E-state index contributed by atoms with van der Waals surface area (Å²) in [5, 5.41) is 9.10. The number of alkyl halides is 3. The van der Waals surface area contributed by atoms with Crippen LogP contribution in [0.25, 0.3) is 0 Å². The van der Waals surface area contributed by atoms with Gasteiger partial charge in [-0.15, -0.1) is 0 Å². The van der Waals surface area contributed by atoms with Gasteiger partial charge >= 0.3 is 6.18 Å². The van der Waals surface area contributed by atoms with Gasteiger partial charge in [-0.25, -0.2) is 4.98 Å². The van der Waals surface area contributed by atoms with Crippen LogP contribution < -0.4 is 25.6 Å². The number of piperazine rings is 1. The van der Waals surface area contributed by atoms with E-state index in [0.29, 0.717) is 18.0 Å². The Morgan fingerprint density at radius 1 is 1.03 bits per heavy atom. The van der Waals surface area contributed by atoms with Crippen LogP contribution in [0.3, 0.4) is 0 Å². The molecule has 0 unspecified atom stereocenters. The minimum absolute atomic E-state index is 0.0403. The lowest BCUT2D eigenvalue weighted by Crippen LogP contribution is -2.44. The van der Waals surface area contributed by atoms with E-state index in [2.05, 4.69) is 42.8 Å². The molecule has 1 saturated heterocycles. The van der Waals surface area contributed by atoms with Crippen molar-refractivity contribution in [3.63, 3.8) is 0 Å². The number of nitrogens with zero attached hydrogens (tertiary/aromatic N) is 4. The van der Waals surface area contributed by atoms with Crippen molar-refractivity contribution in [3.8, 4) is 5.75 Å². The molecule has 0 aliphatic carbocycles. The normalized spacial score (nSPS) is 14.3. The molecule has 1 aliphatic rings. The van der Waals surface area contributed by atoms with Crippen molar-refractivity contribution < 1.29 is 17.9 Å². The first-order valence-electron chi connectivity index (χ1n) is 13.2. The zero-order chi connectivity index (χ0) is 28.0. The van der Waals surface area contributed by atoms with Gasteiger partial charge in [0.05, 0.1) is 12.3 Å². The van der Waals surface area contributed by atoms with Crippen LogP contribution in [0.4, 0.5) is 42.0 Å². The van der Waals surface area contributed by atoms with E-state index in [1.807, 2.05) is 57.3 Å². The second kappa shape index (κ2) is 12.4. The van der Waals surface area contributed by atoms with E-state index < -0.39 is 11.7 Å². The van der Waals surface area contributed by atoms with E-state index in [1.165, 1.54) is 0 Å². The molecule has 210 valence electrons. The van der Waals surface area contributed by atoms with E-state index in [-0.39, 0.29) is 18.3 Å². The monoisotopic (exact) mass is 543 g/mol. The highest BCUT2D eigenvalue weighted by molar-refractivity contribution is 5.69. The summed E-state index contributed by atoms with van der Waals surface area (Å²) in [6.07, 6.45) is -3.07. The molecule has 0 bridgehead atoms. The summed E-state index contributed by atoms with van der Waals surface area (Å²) in [6.45, 7) is 8.27. The second-order valence-electron chi connectivity index (χ2n) is 9.38. The molecule has 0 radical (unpaired) electrons. The van der Waals surface area contributed by atoms with E-state index in [9.17, 15) is 13.2 Å². The number of ether oxygens (including phenoxy) is 1. The summed E-state index contributed by atoms with van der Waals surface area (Å²) in [5.41, 5.74) is 3.56. The number of benzene rings is 2. The number of likely N-dealkylation sites (N-methyl/N-ethyl adjacent to an activating group) is 1. The fourth-order valence-electron chi connectivity index (χ4n) is 4.69. The standard InChI is InChI=1S/C28H36F3N7O/c1-5-21-19(8-7-9-23(21)32-3)17-33-26-22(28(29,30)31)18-34-27(36-26)35-24-11-10-20(16-25(24)39-6-2)38-14-12-37(4)13-15-38/h7-11,16,18,32H,5-6,12-15,17H2,1-4H3,(H2,33,34,35,36). The molecule has 39 heavy (non-hydrogen) atoms. The quantitative estimate of drug-likeness (QED) is 0.305. The molecule has 1 fully saturated rings. The zero-order valence-corrected chi connectivity index (χ0v) is 22.8. The Morgan fingerprint density at radius 2 is 1.79 bits per heavy atom. The van der Waals surface area contributed by atoms with Crippen molar-refractivity contribution >= 4 is 28.8 Å². The van der Waals surface area contributed by atoms with E-state index in [1.54, 1.807) is 0 Å². The first kappa shape index (κ1) is 28.3. The van der Waals surface area contributed by atoms with E-state index >= 15 is 0 Å². The molecule has 8 nitrogen and oxygen atoms in total. The predicted molar refractivity (Wildman–Crippen MR) is 150 cm³/mol. The van der Waals surface area contributed by atoms with Gasteiger partial charge in [0.25, 0.3) is 0 Å². The minimum Gasteiger partial charge on any atom is -0.492 e. The molecule has 0 atom stereocenters. The van der Waals surface area contributed by atoms with Crippen molar-refractivity contribution in [2.24, 2.45) is 0 Å². The second-order valence-corrected chi connectivity index (χ2v) is 9.38. The summed E-state index contributed by atoms with van der Waals surface area (Å²) < 4.78 is 47.4. The number of nitrogens with one attached hydrogen (secondary N) is 3. The number of rotatable bonds is 10. The lowest BCUT2D eigenvalue weighted by Gasteiger charge is -2.34. The molecule has 3 aromatic rings. The first-order chi connectivity index (χ1) is 18.7. The van der Waals surface area contributed by atoms with Crippen LogP contribution in [-0.4, -0.2) is 61.7 Å². The SMILES string of the molecule is CCOc1cc(N2CCN(C)CC2)ccc1Nc1ncc(C(F)(F)F)c(NCc2cccc(NC)c2CC)n1. The molecule has 1 aromatic heterocycles. The van der Waals surface area contributed by atoms with Gasteiger partial charge in [-0.05, 0) is 49.7 Å². The highest BCUT2D eigenvalue weighted by atomic mass is 19.4. The van der Waals surface area contributed by atoms with Crippen molar-refractivity contribution in [2.45, 2.75) is 33.0 Å². The van der Waals surface area contributed by atoms with Gasteiger partial charge in [-0.3, -0.25) is 0 Å². The highest BCUT2D eigenvalue weighted by Crippen LogP contribution is 2.36. The summed E-state index contributed by atoms with van der Waals surface area (Å²) in [6, 6.07) is 11.5. The van der Waals surface area contributed by atoms with Crippen molar-refractivity contribution in [1.29, 1.82) is 0 Å². The maximum Gasteiger partial charge on any atom is 0.421 e. The molecule has 2 heterocycles. The number of hydrogen-bond acceptors (Lipinski definition) is 8. The third-order valence-electron chi connectivity index (χ3n) is 6.82. The van der Waals surface area contributed by atoms with Gasteiger partial charge < -0.3 is 30.5 Å². The highest BCUT2D eigenvalue weighted by Gasteiger charge is 2.35. The van der Waals surface area contributed by atoms with Crippen LogP contribution in [-0.2, 0) is 19.1 Å². The molecule has 0 spiro atoms. The van der Waals surface area contributed by atoms with Gasteiger partial charge in [-0.1, -0.05) is 19.1 Å². The number of anilines is 5. The Balaban J connectivity index is 1.60. The summed E-state index contributed by atoms with van der Waals surface area (Å²) in [7, 11) is 3.93. The number of halogens is 3. The number of aromatic nitrogens is 2. The van der Waals surface area contributed by atoms with E-state index in [4.69, 9.17) is 4.74 Å². The van der Waals surface area contributed by atoms with Crippen molar-refractivity contribution in [3.05, 3.63) is 59.3 Å². The molecular weight excluding hydrogens is 507 g/mol. The van der Waals surface area contributed by atoms with Gasteiger partial charge in [0.1, 0.15) is 17.1 Å². The Hall–Kier alpha value is -3.73. The summed E-state index contributed by atoms with van der Waals surface area (Å²) in [5.74, 6) is 0.339. The molecule has 0 saturated carbocycles. The van der Waals surface area contributed by atoms with Gasteiger partial charge in [-0.2, -0.15) is 18.2 Å². The number of hydrogen-bond donors (Lipinski definition) is 3. The Morgan fingerprint density at radius 3 is 2.46 bits per heavy atom. The van der Waals surface area contributed by atoms with Crippen LogP contribution in [0, 0.1) is 0 Å². The largest absolute Gasteiger partial charge is 0.492 e. The van der Waals surface area contributed by atoms with Crippen molar-refractivity contribution in [1.82, 2.24) is 14.9 Å². The van der Waals surface area contributed by atoms with Gasteiger partial charge in [0.2, 0.25) is 5.95 Å². The first-order valence-corrected chi connectivity index (χ1v) is 13.2. The van der Waals surface area contributed by atoms with E-state index in [0.717, 1.165) is 61.3 Å². The van der Waals surface area contributed by atoms with Crippen LogP contribution >= 0.6 is 0 Å². The topological polar surface area (TPSA) is 77.6 Å². The minimum atomic E-state index is -4.61. The molecular formula is C28H36F3N7O. The van der Waals surface area contributed by atoms with Crippen molar-refractivity contribution in [2.75, 3.05) is 67.7 Å². The van der Waals surface area contributed by atoms with Crippen LogP contribution in [0.15, 0.2) is 42.6 Å². The maximum absolute atomic E-state index is 13.8. The van der Waals surface area contributed by atoms with Crippen LogP contribution in [0.5, 0.6) is 5.75 Å². The van der Waals surface area contributed by atoms with Crippen LogP contribution in [0.1, 0.15) is 30.5 Å². The molecule has 3 N–H and O–H groups in total. The molecule has 2 aromatic carbocycles. The zero-order valence-electron chi connectivity index (χ0n) is 22.8. The smallest absolute Gasteiger partial charge is 0.421 e. The maximum atomic E-state index is 13.8. The lowest BCUT2D eigenvalue weighted by atomic mass is 10.0. The van der Waals surface area contributed by atoms with Gasteiger partial charge in [0.15, 0.2) is 0 Å². The third kappa shape index (κ3) is 6.83. The van der Waals surface area contributed by atoms with Gasteiger partial charge in [0, 0.05) is 63.4 Å². The molecule has 0 amide bonds. The average molecular weight is 544 g/mol. The fraction of sp³-hybridized carbons (Fsp3) is 0.429. The average Bonchev–Trinajstić information content (AvgIpc) is 2.92. The Kier molecular flexibility index (Phi) is 9.01. The summed E-state index contributed by atoms with van der Waals surface area (Å²) in [4.78, 5) is 12.8. The lowest BCUT2D eigenvalue weighted by molar-refractivity contribution is -0.137. The molecule has 4 rings (SSSR count). The molecule has 11 heteroatoms.